The summed E-state index contributed by atoms with van der Waals surface area (Å²) in [4.78, 5) is 16.5. The molecule has 0 radical (unpaired) electrons. The lowest BCUT2D eigenvalue weighted by atomic mass is 9.88. The van der Waals surface area contributed by atoms with Crippen molar-refractivity contribution in [1.29, 1.82) is 0 Å². The van der Waals surface area contributed by atoms with E-state index in [4.69, 9.17) is 4.74 Å². The van der Waals surface area contributed by atoms with Crippen LogP contribution in [0.25, 0.3) is 0 Å². The topological polar surface area (TPSA) is 32.8 Å². The van der Waals surface area contributed by atoms with Crippen LogP contribution >= 0.6 is 0 Å². The van der Waals surface area contributed by atoms with E-state index in [1.807, 2.05) is 51.0 Å². The number of anilines is 1. The Morgan fingerprint density at radius 3 is 2.00 bits per heavy atom. The standard InChI is InChI=1S/C29H36N2O2/c1-22(2)33-28-17-13-26(14-18-28)29(25-9-7-6-8-10-25)19-20-31(23(3)32)21-24-11-15-27(16-12-24)30(4)5/h6-18,22,29H,19-21H2,1-5H3. The van der Waals surface area contributed by atoms with Gasteiger partial charge in [-0.15, -0.1) is 0 Å². The zero-order valence-corrected chi connectivity index (χ0v) is 20.5. The lowest BCUT2D eigenvalue weighted by molar-refractivity contribution is -0.129. The molecule has 1 amide bonds. The maximum absolute atomic E-state index is 12.5. The monoisotopic (exact) mass is 444 g/mol. The molecule has 0 aliphatic rings. The summed E-state index contributed by atoms with van der Waals surface area (Å²) >= 11 is 0. The molecule has 0 aromatic heterocycles. The lowest BCUT2D eigenvalue weighted by Gasteiger charge is -2.26. The van der Waals surface area contributed by atoms with Crippen molar-refractivity contribution < 1.29 is 9.53 Å². The minimum atomic E-state index is 0.0965. The molecule has 3 rings (SSSR count). The largest absolute Gasteiger partial charge is 0.491 e. The van der Waals surface area contributed by atoms with Gasteiger partial charge in [0.05, 0.1) is 6.10 Å². The maximum atomic E-state index is 12.5. The Labute approximate surface area is 198 Å². The molecule has 1 unspecified atom stereocenters. The van der Waals surface area contributed by atoms with Gasteiger partial charge in [0.15, 0.2) is 0 Å². The van der Waals surface area contributed by atoms with Crippen molar-refractivity contribution in [1.82, 2.24) is 4.90 Å². The van der Waals surface area contributed by atoms with Crippen molar-refractivity contribution in [2.24, 2.45) is 0 Å². The molecule has 174 valence electrons. The normalized spacial score (nSPS) is 11.8. The van der Waals surface area contributed by atoms with Gasteiger partial charge in [-0.2, -0.15) is 0 Å². The van der Waals surface area contributed by atoms with Crippen molar-refractivity contribution in [3.63, 3.8) is 0 Å². The fourth-order valence-electron chi connectivity index (χ4n) is 4.01. The Morgan fingerprint density at radius 1 is 0.848 bits per heavy atom. The van der Waals surface area contributed by atoms with E-state index in [0.29, 0.717) is 13.1 Å². The Balaban J connectivity index is 1.76. The van der Waals surface area contributed by atoms with Crippen molar-refractivity contribution in [2.75, 3.05) is 25.5 Å². The Morgan fingerprint density at radius 2 is 1.45 bits per heavy atom. The van der Waals surface area contributed by atoms with E-state index in [9.17, 15) is 4.79 Å². The highest BCUT2D eigenvalue weighted by Gasteiger charge is 2.18. The minimum absolute atomic E-state index is 0.0965. The summed E-state index contributed by atoms with van der Waals surface area (Å²) in [7, 11) is 4.06. The second-order valence-electron chi connectivity index (χ2n) is 8.99. The van der Waals surface area contributed by atoms with Crippen LogP contribution < -0.4 is 9.64 Å². The first-order valence-corrected chi connectivity index (χ1v) is 11.7. The summed E-state index contributed by atoms with van der Waals surface area (Å²) in [5, 5.41) is 0. The molecule has 0 aliphatic carbocycles. The molecular weight excluding hydrogens is 408 g/mol. The molecule has 0 N–H and O–H groups in total. The van der Waals surface area contributed by atoms with Crippen LogP contribution in [0.2, 0.25) is 0 Å². The number of carbonyl (C=O) groups excluding carboxylic acids is 1. The number of rotatable bonds is 10. The number of hydrogen-bond acceptors (Lipinski definition) is 3. The van der Waals surface area contributed by atoms with Crippen molar-refractivity contribution >= 4 is 11.6 Å². The minimum Gasteiger partial charge on any atom is -0.491 e. The highest BCUT2D eigenvalue weighted by molar-refractivity contribution is 5.73. The molecule has 3 aromatic carbocycles. The van der Waals surface area contributed by atoms with Gasteiger partial charge in [-0.3, -0.25) is 4.79 Å². The third kappa shape index (κ3) is 7.11. The second-order valence-corrected chi connectivity index (χ2v) is 8.99. The van der Waals surface area contributed by atoms with Crippen molar-refractivity contribution in [2.45, 2.75) is 45.8 Å². The van der Waals surface area contributed by atoms with Crippen molar-refractivity contribution in [3.05, 3.63) is 95.6 Å². The van der Waals surface area contributed by atoms with Gasteiger partial charge >= 0.3 is 0 Å². The van der Waals surface area contributed by atoms with Crippen LogP contribution in [0.15, 0.2) is 78.9 Å². The van der Waals surface area contributed by atoms with E-state index in [0.717, 1.165) is 23.4 Å². The molecule has 0 fully saturated rings. The van der Waals surface area contributed by atoms with E-state index in [-0.39, 0.29) is 17.9 Å². The summed E-state index contributed by atoms with van der Waals surface area (Å²) in [5.74, 6) is 1.18. The van der Waals surface area contributed by atoms with Gasteiger partial charge in [0.2, 0.25) is 5.91 Å². The highest BCUT2D eigenvalue weighted by Crippen LogP contribution is 2.30. The van der Waals surface area contributed by atoms with E-state index < -0.39 is 0 Å². The lowest BCUT2D eigenvalue weighted by Crippen LogP contribution is -2.30. The Hall–Kier alpha value is -3.27. The summed E-state index contributed by atoms with van der Waals surface area (Å²) in [5.41, 5.74) is 4.79. The molecule has 0 bridgehead atoms. The molecule has 0 saturated carbocycles. The van der Waals surface area contributed by atoms with Crippen molar-refractivity contribution in [3.8, 4) is 5.75 Å². The predicted octanol–water partition coefficient (Wildman–Crippen LogP) is 6.11. The molecular formula is C29H36N2O2. The number of benzene rings is 3. The summed E-state index contributed by atoms with van der Waals surface area (Å²) < 4.78 is 5.82. The van der Waals surface area contributed by atoms with Gasteiger partial charge in [-0.1, -0.05) is 54.6 Å². The van der Waals surface area contributed by atoms with Gasteiger partial charge in [0.25, 0.3) is 0 Å². The van der Waals surface area contributed by atoms with Gasteiger partial charge in [0, 0.05) is 45.7 Å². The molecule has 0 heterocycles. The van der Waals surface area contributed by atoms with E-state index in [1.54, 1.807) is 6.92 Å². The number of nitrogens with zero attached hydrogens (tertiary/aromatic N) is 2. The average Bonchev–Trinajstić information content (AvgIpc) is 2.80. The van der Waals surface area contributed by atoms with E-state index in [2.05, 4.69) is 65.6 Å². The number of amides is 1. The second kappa shape index (κ2) is 11.6. The van der Waals surface area contributed by atoms with Gasteiger partial charge in [-0.05, 0) is 61.2 Å². The van der Waals surface area contributed by atoms with Crippen LogP contribution in [0.1, 0.15) is 49.8 Å². The SMILES string of the molecule is CC(=O)N(CCC(c1ccccc1)c1ccc(OC(C)C)cc1)Cc1ccc(N(C)C)cc1. The fraction of sp³-hybridized carbons (Fsp3) is 0.345. The highest BCUT2D eigenvalue weighted by atomic mass is 16.5. The molecule has 1 atom stereocenters. The smallest absolute Gasteiger partial charge is 0.219 e. The summed E-state index contributed by atoms with van der Waals surface area (Å²) in [6.07, 6.45) is 1.00. The first kappa shape index (κ1) is 24.4. The van der Waals surface area contributed by atoms with Crippen LogP contribution in [0.4, 0.5) is 5.69 Å². The van der Waals surface area contributed by atoms with Gasteiger partial charge in [-0.25, -0.2) is 0 Å². The van der Waals surface area contributed by atoms with Gasteiger partial charge in [0.1, 0.15) is 5.75 Å². The summed E-state index contributed by atoms with van der Waals surface area (Å²) in [6.45, 7) is 7.03. The molecule has 0 spiro atoms. The zero-order chi connectivity index (χ0) is 23.8. The first-order valence-electron chi connectivity index (χ1n) is 11.7. The number of ether oxygens (including phenoxy) is 1. The molecule has 3 aromatic rings. The fourth-order valence-corrected chi connectivity index (χ4v) is 4.01. The van der Waals surface area contributed by atoms with Gasteiger partial charge < -0.3 is 14.5 Å². The Kier molecular flexibility index (Phi) is 8.53. The quantitative estimate of drug-likeness (QED) is 0.378. The number of carbonyl (C=O) groups is 1. The predicted molar refractivity (Wildman–Crippen MR) is 137 cm³/mol. The van der Waals surface area contributed by atoms with E-state index >= 15 is 0 Å². The summed E-state index contributed by atoms with van der Waals surface area (Å²) in [6, 6.07) is 27.3. The molecule has 4 heteroatoms. The van der Waals surface area contributed by atoms with Crippen LogP contribution in [0, 0.1) is 0 Å². The molecule has 33 heavy (non-hydrogen) atoms. The van der Waals surface area contributed by atoms with Crippen LogP contribution in [0.3, 0.4) is 0 Å². The first-order chi connectivity index (χ1) is 15.8. The molecule has 0 aliphatic heterocycles. The zero-order valence-electron chi connectivity index (χ0n) is 20.5. The Bertz CT molecular complexity index is 996. The maximum Gasteiger partial charge on any atom is 0.219 e. The molecule has 4 nitrogen and oxygen atoms in total. The van der Waals surface area contributed by atoms with E-state index in [1.165, 1.54) is 11.1 Å². The van der Waals surface area contributed by atoms with Crippen LogP contribution in [0.5, 0.6) is 5.75 Å². The van der Waals surface area contributed by atoms with Crippen LogP contribution in [-0.2, 0) is 11.3 Å². The third-order valence-electron chi connectivity index (χ3n) is 5.82. The molecule has 0 saturated heterocycles. The number of hydrogen-bond donors (Lipinski definition) is 0. The van der Waals surface area contributed by atoms with Crippen LogP contribution in [-0.4, -0.2) is 37.6 Å². The third-order valence-corrected chi connectivity index (χ3v) is 5.82. The average molecular weight is 445 g/mol.